The minimum absolute atomic E-state index is 0.868. The van der Waals surface area contributed by atoms with Gasteiger partial charge >= 0.3 is 0 Å². The number of hydrogen-bond donors (Lipinski definition) is 0. The second kappa shape index (κ2) is 11.9. The molecule has 0 spiro atoms. The van der Waals surface area contributed by atoms with Gasteiger partial charge in [0.1, 0.15) is 22.3 Å². The Hall–Kier alpha value is -7.68. The molecule has 2 heterocycles. The van der Waals surface area contributed by atoms with Crippen LogP contribution in [0.3, 0.4) is 0 Å². The van der Waals surface area contributed by atoms with Crippen LogP contribution in [0.1, 0.15) is 0 Å². The van der Waals surface area contributed by atoms with Crippen molar-refractivity contribution < 1.29 is 8.83 Å². The largest absolute Gasteiger partial charge is 0.456 e. The molecular formula is C56H32O2. The standard InChI is InChI=1S/C56H32O2/c1-2-14-37-33(12-1)13-11-23-42(37)54-46-20-8-6-18-44(46)53(45-19-7-9-21-47(45)54)36-26-28-41-40-27-24-34(30-50(40)57-51(41)32-36)35-25-29-49-52(31-35)58-56-48-22-10-4-16-39(48)38-15-3-5-17-43(38)55(49)56/h1-32H. The molecule has 0 atom stereocenters. The Bertz CT molecular complexity index is 3800. The average molecular weight is 737 g/mol. The average Bonchev–Trinajstić information content (AvgIpc) is 3.86. The van der Waals surface area contributed by atoms with Gasteiger partial charge in [0.15, 0.2) is 0 Å². The van der Waals surface area contributed by atoms with E-state index in [9.17, 15) is 0 Å². The maximum absolute atomic E-state index is 6.75. The van der Waals surface area contributed by atoms with Crippen LogP contribution in [0.15, 0.2) is 203 Å². The second-order valence-electron chi connectivity index (χ2n) is 15.5. The monoisotopic (exact) mass is 736 g/mol. The highest BCUT2D eigenvalue weighted by Gasteiger charge is 2.20. The molecule has 0 fully saturated rings. The molecule has 13 rings (SSSR count). The molecular weight excluding hydrogens is 705 g/mol. The third kappa shape index (κ3) is 4.43. The summed E-state index contributed by atoms with van der Waals surface area (Å²) in [4.78, 5) is 0. The second-order valence-corrected chi connectivity index (χ2v) is 15.5. The molecule has 2 heteroatoms. The first-order valence-electron chi connectivity index (χ1n) is 19.9. The Kier molecular flexibility index (Phi) is 6.47. The highest BCUT2D eigenvalue weighted by Crippen LogP contribution is 2.47. The van der Waals surface area contributed by atoms with E-state index in [2.05, 4.69) is 194 Å². The molecule has 58 heavy (non-hydrogen) atoms. The summed E-state index contributed by atoms with van der Waals surface area (Å²) in [6.07, 6.45) is 0. The fourth-order valence-electron chi connectivity index (χ4n) is 9.87. The lowest BCUT2D eigenvalue weighted by molar-refractivity contribution is 0.669. The van der Waals surface area contributed by atoms with Gasteiger partial charge < -0.3 is 8.83 Å². The van der Waals surface area contributed by atoms with Crippen LogP contribution in [0.5, 0.6) is 0 Å². The van der Waals surface area contributed by atoms with E-state index < -0.39 is 0 Å². The van der Waals surface area contributed by atoms with Crippen LogP contribution in [0.4, 0.5) is 0 Å². The summed E-state index contributed by atoms with van der Waals surface area (Å²) in [6.45, 7) is 0. The normalized spacial score (nSPS) is 12.1. The third-order valence-corrected chi connectivity index (χ3v) is 12.4. The fraction of sp³-hybridized carbons (Fsp3) is 0. The van der Waals surface area contributed by atoms with E-state index in [1.807, 2.05) is 0 Å². The van der Waals surface area contributed by atoms with Gasteiger partial charge in [-0.15, -0.1) is 0 Å². The lowest BCUT2D eigenvalue weighted by Crippen LogP contribution is -1.91. The lowest BCUT2D eigenvalue weighted by atomic mass is 9.84. The Morgan fingerprint density at radius 2 is 0.707 bits per heavy atom. The minimum atomic E-state index is 0.868. The summed E-state index contributed by atoms with van der Waals surface area (Å²) in [5, 5.41) is 16.8. The van der Waals surface area contributed by atoms with Crippen LogP contribution in [0.25, 0.3) is 131 Å². The molecule has 0 amide bonds. The van der Waals surface area contributed by atoms with E-state index in [-0.39, 0.29) is 0 Å². The van der Waals surface area contributed by atoms with Crippen molar-refractivity contribution in [2.24, 2.45) is 0 Å². The zero-order valence-electron chi connectivity index (χ0n) is 31.3. The van der Waals surface area contributed by atoms with Gasteiger partial charge in [0.05, 0.1) is 0 Å². The number of rotatable bonds is 3. The smallest absolute Gasteiger partial charge is 0.143 e. The van der Waals surface area contributed by atoms with E-state index in [4.69, 9.17) is 8.83 Å². The first-order chi connectivity index (χ1) is 28.8. The Balaban J connectivity index is 0.964. The predicted molar refractivity (Wildman–Crippen MR) is 245 cm³/mol. The van der Waals surface area contributed by atoms with Crippen LogP contribution < -0.4 is 0 Å². The topological polar surface area (TPSA) is 26.3 Å². The van der Waals surface area contributed by atoms with Gasteiger partial charge in [-0.2, -0.15) is 0 Å². The number of hydrogen-bond acceptors (Lipinski definition) is 2. The maximum atomic E-state index is 6.75. The summed E-state index contributed by atoms with van der Waals surface area (Å²) in [5.74, 6) is 0. The van der Waals surface area contributed by atoms with E-state index in [0.717, 1.165) is 60.6 Å². The molecule has 0 radical (unpaired) electrons. The predicted octanol–water partition coefficient (Wildman–Crippen LogP) is 16.3. The van der Waals surface area contributed by atoms with Crippen LogP contribution in [-0.2, 0) is 0 Å². The van der Waals surface area contributed by atoms with Gasteiger partial charge in [0.2, 0.25) is 0 Å². The first kappa shape index (κ1) is 31.5. The quantitative estimate of drug-likeness (QED) is 0.133. The van der Waals surface area contributed by atoms with Crippen LogP contribution in [0, 0.1) is 0 Å². The molecule has 0 N–H and O–H groups in total. The minimum Gasteiger partial charge on any atom is -0.456 e. The summed E-state index contributed by atoms with van der Waals surface area (Å²) >= 11 is 0. The van der Waals surface area contributed by atoms with Crippen LogP contribution in [0.2, 0.25) is 0 Å². The van der Waals surface area contributed by atoms with Gasteiger partial charge in [0, 0.05) is 26.9 Å². The van der Waals surface area contributed by atoms with Crippen molar-refractivity contribution in [3.63, 3.8) is 0 Å². The van der Waals surface area contributed by atoms with Gasteiger partial charge in [0.25, 0.3) is 0 Å². The molecule has 13 aromatic rings. The Labute approximate surface area is 332 Å². The van der Waals surface area contributed by atoms with Crippen molar-refractivity contribution in [2.75, 3.05) is 0 Å². The Morgan fingerprint density at radius 1 is 0.259 bits per heavy atom. The molecule has 0 aliphatic heterocycles. The SMILES string of the molecule is c1ccc2c(-c3c4ccccc4c(-c4ccc5c(c4)oc4cc(-c6ccc7c(c6)oc6c8ccccc8c8ccccc8c76)ccc45)c4ccccc34)cccc2c1. The third-order valence-electron chi connectivity index (χ3n) is 12.4. The molecule has 268 valence electrons. The van der Waals surface area contributed by atoms with E-state index in [1.54, 1.807) is 0 Å². The van der Waals surface area contributed by atoms with Crippen molar-refractivity contribution in [1.82, 2.24) is 0 Å². The first-order valence-corrected chi connectivity index (χ1v) is 19.9. The van der Waals surface area contributed by atoms with Crippen LogP contribution >= 0.6 is 0 Å². The van der Waals surface area contributed by atoms with E-state index >= 15 is 0 Å². The Morgan fingerprint density at radius 3 is 1.36 bits per heavy atom. The summed E-state index contributed by atoms with van der Waals surface area (Å²) < 4.78 is 13.5. The van der Waals surface area contributed by atoms with E-state index in [0.29, 0.717) is 0 Å². The molecule has 0 unspecified atom stereocenters. The highest BCUT2D eigenvalue weighted by molar-refractivity contribution is 6.30. The van der Waals surface area contributed by atoms with E-state index in [1.165, 1.54) is 70.6 Å². The summed E-state index contributed by atoms with van der Waals surface area (Å²) in [7, 11) is 0. The van der Waals surface area contributed by atoms with Crippen LogP contribution in [-0.4, -0.2) is 0 Å². The van der Waals surface area contributed by atoms with Gasteiger partial charge in [-0.05, 0) is 118 Å². The lowest BCUT2D eigenvalue weighted by Gasteiger charge is -2.18. The molecule has 0 aliphatic rings. The van der Waals surface area contributed by atoms with Crippen molar-refractivity contribution in [3.05, 3.63) is 194 Å². The fourth-order valence-corrected chi connectivity index (χ4v) is 9.87. The molecule has 0 aliphatic carbocycles. The molecule has 2 aromatic heterocycles. The van der Waals surface area contributed by atoms with Crippen molar-refractivity contribution in [3.8, 4) is 33.4 Å². The van der Waals surface area contributed by atoms with Crippen molar-refractivity contribution in [2.45, 2.75) is 0 Å². The van der Waals surface area contributed by atoms with Gasteiger partial charge in [-0.1, -0.05) is 158 Å². The zero-order chi connectivity index (χ0) is 37.9. The number of fused-ring (bicyclic) bond motifs is 14. The molecule has 11 aromatic carbocycles. The number of benzene rings is 11. The molecule has 0 saturated carbocycles. The number of furan rings is 2. The summed E-state index contributed by atoms with van der Waals surface area (Å²) in [6, 6.07) is 70.2. The van der Waals surface area contributed by atoms with Crippen molar-refractivity contribution >= 4 is 97.7 Å². The highest BCUT2D eigenvalue weighted by atomic mass is 16.3. The van der Waals surface area contributed by atoms with Gasteiger partial charge in [-0.3, -0.25) is 0 Å². The maximum Gasteiger partial charge on any atom is 0.143 e. The summed E-state index contributed by atoms with van der Waals surface area (Å²) in [5.41, 5.74) is 10.6. The molecule has 2 nitrogen and oxygen atoms in total. The van der Waals surface area contributed by atoms with Gasteiger partial charge in [-0.25, -0.2) is 0 Å². The molecule has 0 saturated heterocycles. The molecule has 0 bridgehead atoms. The van der Waals surface area contributed by atoms with Crippen molar-refractivity contribution in [1.29, 1.82) is 0 Å². The zero-order valence-corrected chi connectivity index (χ0v) is 31.3.